The monoisotopic (exact) mass is 260 g/mol. The molecule has 3 N–H and O–H groups in total. The zero-order chi connectivity index (χ0) is 14.3. The molecule has 2 heteroatoms. The van der Waals surface area contributed by atoms with Crippen LogP contribution in [0.1, 0.15) is 46.2 Å². The molecule has 1 aliphatic carbocycles. The molecule has 0 radical (unpaired) electrons. The van der Waals surface area contributed by atoms with Crippen LogP contribution in [0.25, 0.3) is 0 Å². The first-order valence-electron chi connectivity index (χ1n) is 7.32. The highest BCUT2D eigenvalue weighted by Gasteiger charge is 2.64. The van der Waals surface area contributed by atoms with Crippen molar-refractivity contribution < 1.29 is 0 Å². The lowest BCUT2D eigenvalue weighted by atomic mass is 9.95. The van der Waals surface area contributed by atoms with Crippen LogP contribution in [0.3, 0.4) is 0 Å². The quantitative estimate of drug-likeness (QED) is 0.852. The first-order valence-corrected chi connectivity index (χ1v) is 7.32. The summed E-state index contributed by atoms with van der Waals surface area (Å²) in [5.41, 5.74) is 8.35. The maximum absolute atomic E-state index is 6.34. The maximum Gasteiger partial charge on any atom is 0.0333 e. The van der Waals surface area contributed by atoms with Gasteiger partial charge in [-0.15, -0.1) is 0 Å². The molecular weight excluding hydrogens is 232 g/mol. The van der Waals surface area contributed by atoms with Gasteiger partial charge in [-0.2, -0.15) is 0 Å². The average molecular weight is 260 g/mol. The van der Waals surface area contributed by atoms with E-state index in [-0.39, 0.29) is 6.04 Å². The van der Waals surface area contributed by atoms with E-state index in [2.05, 4.69) is 64.2 Å². The second kappa shape index (κ2) is 4.92. The van der Waals surface area contributed by atoms with Crippen molar-refractivity contribution in [3.8, 4) is 0 Å². The average Bonchev–Trinajstić information content (AvgIpc) is 2.77. The first-order chi connectivity index (χ1) is 8.78. The molecule has 106 valence electrons. The normalized spacial score (nSPS) is 23.9. The fourth-order valence-corrected chi connectivity index (χ4v) is 3.14. The van der Waals surface area contributed by atoms with Crippen molar-refractivity contribution in [1.29, 1.82) is 0 Å². The van der Waals surface area contributed by atoms with Crippen molar-refractivity contribution in [3.63, 3.8) is 0 Å². The summed E-state index contributed by atoms with van der Waals surface area (Å²) < 4.78 is 0. The van der Waals surface area contributed by atoms with Crippen molar-refractivity contribution in [2.45, 2.75) is 46.7 Å². The molecule has 19 heavy (non-hydrogen) atoms. The van der Waals surface area contributed by atoms with Gasteiger partial charge < -0.3 is 11.1 Å². The summed E-state index contributed by atoms with van der Waals surface area (Å²) in [7, 11) is 0. The molecule has 2 unspecified atom stereocenters. The molecule has 2 rings (SSSR count). The van der Waals surface area contributed by atoms with Crippen molar-refractivity contribution in [1.82, 2.24) is 5.32 Å². The summed E-state index contributed by atoms with van der Waals surface area (Å²) in [6, 6.07) is 11.1. The van der Waals surface area contributed by atoms with E-state index in [0.717, 1.165) is 6.54 Å². The molecule has 1 aliphatic rings. The van der Waals surface area contributed by atoms with E-state index in [1.54, 1.807) is 0 Å². The molecule has 0 heterocycles. The van der Waals surface area contributed by atoms with Crippen LogP contribution in [-0.2, 0) is 0 Å². The third-order valence-electron chi connectivity index (χ3n) is 5.46. The summed E-state index contributed by atoms with van der Waals surface area (Å²) >= 11 is 0. The van der Waals surface area contributed by atoms with Gasteiger partial charge in [0.05, 0.1) is 0 Å². The molecule has 2 atom stereocenters. The van der Waals surface area contributed by atoms with Gasteiger partial charge in [0.25, 0.3) is 0 Å². The Hall–Kier alpha value is -0.860. The molecule has 1 aromatic rings. The second-order valence-corrected chi connectivity index (χ2v) is 7.20. The van der Waals surface area contributed by atoms with Crippen LogP contribution in [0.4, 0.5) is 0 Å². The highest BCUT2D eigenvalue weighted by atomic mass is 15.0. The topological polar surface area (TPSA) is 38.0 Å². The van der Waals surface area contributed by atoms with E-state index < -0.39 is 0 Å². The molecule has 1 aromatic carbocycles. The Morgan fingerprint density at radius 2 is 1.63 bits per heavy atom. The van der Waals surface area contributed by atoms with Gasteiger partial charge in [0.1, 0.15) is 0 Å². The van der Waals surface area contributed by atoms with Gasteiger partial charge in [-0.25, -0.2) is 0 Å². The summed E-state index contributed by atoms with van der Waals surface area (Å²) in [6.45, 7) is 12.6. The van der Waals surface area contributed by atoms with Gasteiger partial charge in [-0.05, 0) is 28.9 Å². The molecule has 1 fully saturated rings. The highest BCUT2D eigenvalue weighted by molar-refractivity contribution is 5.20. The molecule has 1 saturated carbocycles. The molecular formula is C17H28N2. The largest absolute Gasteiger partial charge is 0.324 e. The Balaban J connectivity index is 1.88. The Labute approximate surface area is 117 Å². The van der Waals surface area contributed by atoms with Gasteiger partial charge >= 0.3 is 0 Å². The Morgan fingerprint density at radius 1 is 1.11 bits per heavy atom. The Kier molecular flexibility index (Phi) is 3.76. The van der Waals surface area contributed by atoms with Crippen LogP contribution in [0.5, 0.6) is 0 Å². The predicted molar refractivity (Wildman–Crippen MR) is 81.9 cm³/mol. The number of rotatable bonds is 5. The van der Waals surface area contributed by atoms with Gasteiger partial charge in [0.15, 0.2) is 0 Å². The first kappa shape index (κ1) is 14.5. The zero-order valence-electron chi connectivity index (χ0n) is 12.9. The number of hydrogen-bond acceptors (Lipinski definition) is 2. The molecule has 0 bridgehead atoms. The minimum absolute atomic E-state index is 0.110. The van der Waals surface area contributed by atoms with Crippen LogP contribution in [-0.4, -0.2) is 12.6 Å². The van der Waals surface area contributed by atoms with E-state index in [1.165, 1.54) is 5.56 Å². The predicted octanol–water partition coefficient (Wildman–Crippen LogP) is 3.35. The summed E-state index contributed by atoms with van der Waals surface area (Å²) in [5.74, 6) is 0.439. The third kappa shape index (κ3) is 2.56. The van der Waals surface area contributed by atoms with E-state index in [0.29, 0.717) is 22.8 Å². The maximum atomic E-state index is 6.34. The number of hydrogen-bond donors (Lipinski definition) is 2. The van der Waals surface area contributed by atoms with Crippen molar-refractivity contribution in [2.75, 3.05) is 6.54 Å². The molecule has 0 spiro atoms. The minimum atomic E-state index is 0.110. The Bertz CT molecular complexity index is 408. The van der Waals surface area contributed by atoms with E-state index >= 15 is 0 Å². The molecule has 0 saturated heterocycles. The molecule has 2 nitrogen and oxygen atoms in total. The van der Waals surface area contributed by atoms with Crippen LogP contribution in [0.2, 0.25) is 0 Å². The minimum Gasteiger partial charge on any atom is -0.324 e. The summed E-state index contributed by atoms with van der Waals surface area (Å²) in [5, 5.41) is 3.71. The third-order valence-corrected chi connectivity index (χ3v) is 5.46. The van der Waals surface area contributed by atoms with Crippen molar-refractivity contribution in [2.24, 2.45) is 22.5 Å². The van der Waals surface area contributed by atoms with E-state index in [9.17, 15) is 0 Å². The van der Waals surface area contributed by atoms with Crippen molar-refractivity contribution in [3.05, 3.63) is 35.9 Å². The summed E-state index contributed by atoms with van der Waals surface area (Å²) in [4.78, 5) is 0. The number of benzene rings is 1. The smallest absolute Gasteiger partial charge is 0.0333 e. The number of nitrogens with one attached hydrogen (secondary N) is 1. The lowest BCUT2D eigenvalue weighted by molar-refractivity contribution is 0.414. The lowest BCUT2D eigenvalue weighted by Crippen LogP contribution is -2.32. The standard InChI is InChI=1S/C17H28N2/c1-12(14(18)13-9-7-6-8-10-13)11-19-15-16(2,3)17(15,4)5/h6-10,12,14-15,19H,11,18H2,1-5H3. The van der Waals surface area contributed by atoms with Gasteiger partial charge in [0, 0.05) is 12.1 Å². The van der Waals surface area contributed by atoms with Crippen LogP contribution in [0, 0.1) is 16.7 Å². The fraction of sp³-hybridized carbons (Fsp3) is 0.647. The molecule has 0 amide bonds. The second-order valence-electron chi connectivity index (χ2n) is 7.20. The van der Waals surface area contributed by atoms with Gasteiger partial charge in [-0.1, -0.05) is 65.0 Å². The SMILES string of the molecule is CC(CNC1C(C)(C)C1(C)C)C(N)c1ccccc1. The van der Waals surface area contributed by atoms with E-state index in [1.807, 2.05) is 6.07 Å². The van der Waals surface area contributed by atoms with Crippen molar-refractivity contribution >= 4 is 0 Å². The lowest BCUT2D eigenvalue weighted by Gasteiger charge is -2.21. The zero-order valence-corrected chi connectivity index (χ0v) is 12.9. The molecule has 0 aromatic heterocycles. The fourth-order valence-electron chi connectivity index (χ4n) is 3.14. The van der Waals surface area contributed by atoms with Crippen LogP contribution < -0.4 is 11.1 Å². The highest BCUT2D eigenvalue weighted by Crippen LogP contribution is 2.62. The van der Waals surface area contributed by atoms with E-state index in [4.69, 9.17) is 5.73 Å². The van der Waals surface area contributed by atoms with Crippen LogP contribution >= 0.6 is 0 Å². The van der Waals surface area contributed by atoms with Crippen LogP contribution in [0.15, 0.2) is 30.3 Å². The van der Waals surface area contributed by atoms with Gasteiger partial charge in [-0.3, -0.25) is 0 Å². The number of nitrogens with two attached hydrogens (primary N) is 1. The van der Waals surface area contributed by atoms with Gasteiger partial charge in [0.2, 0.25) is 0 Å². The Morgan fingerprint density at radius 3 is 2.11 bits per heavy atom. The summed E-state index contributed by atoms with van der Waals surface area (Å²) in [6.07, 6.45) is 0. The molecule has 0 aliphatic heterocycles.